The summed E-state index contributed by atoms with van der Waals surface area (Å²) in [6, 6.07) is 8.49. The van der Waals surface area contributed by atoms with Gasteiger partial charge in [-0.05, 0) is 43.0 Å². The molecule has 0 spiro atoms. The van der Waals surface area contributed by atoms with E-state index in [1.54, 1.807) is 0 Å². The summed E-state index contributed by atoms with van der Waals surface area (Å²) >= 11 is 6.04. The molecule has 18 heavy (non-hydrogen) atoms. The molecule has 3 atom stereocenters. The lowest BCUT2D eigenvalue weighted by Crippen LogP contribution is -2.43. The Labute approximate surface area is 115 Å². The number of halogens is 1. The van der Waals surface area contributed by atoms with Crippen LogP contribution in [-0.2, 0) is 11.2 Å². The Balaban J connectivity index is 2.06. The number of nitrogens with one attached hydrogen (secondary N) is 1. The number of ether oxygens (including phenoxy) is 1. The molecular formula is C15H22ClNO. The van der Waals surface area contributed by atoms with Gasteiger partial charge in [-0.3, -0.25) is 0 Å². The summed E-state index contributed by atoms with van der Waals surface area (Å²) in [5, 5.41) is 4.36. The van der Waals surface area contributed by atoms with Crippen LogP contribution < -0.4 is 5.32 Å². The molecule has 0 aliphatic carbocycles. The Morgan fingerprint density at radius 2 is 2.33 bits per heavy atom. The lowest BCUT2D eigenvalue weighted by molar-refractivity contribution is 0.0615. The smallest absolute Gasteiger partial charge is 0.0757 e. The third kappa shape index (κ3) is 3.47. The summed E-state index contributed by atoms with van der Waals surface area (Å²) in [4.78, 5) is 0. The van der Waals surface area contributed by atoms with Crippen LogP contribution in [0.25, 0.3) is 0 Å². The summed E-state index contributed by atoms with van der Waals surface area (Å²) in [5.41, 5.74) is 1.27. The maximum Gasteiger partial charge on any atom is 0.0757 e. The summed E-state index contributed by atoms with van der Waals surface area (Å²) in [6.07, 6.45) is 2.47. The molecule has 1 aliphatic heterocycles. The molecule has 1 heterocycles. The Morgan fingerprint density at radius 3 is 2.94 bits per heavy atom. The van der Waals surface area contributed by atoms with E-state index in [0.29, 0.717) is 18.1 Å². The molecule has 1 N–H and O–H groups in total. The van der Waals surface area contributed by atoms with Crippen LogP contribution in [0.1, 0.15) is 25.8 Å². The van der Waals surface area contributed by atoms with E-state index in [4.69, 9.17) is 16.3 Å². The number of benzene rings is 1. The second-order valence-electron chi connectivity index (χ2n) is 5.10. The summed E-state index contributed by atoms with van der Waals surface area (Å²) in [7, 11) is 0. The van der Waals surface area contributed by atoms with E-state index in [9.17, 15) is 0 Å². The fourth-order valence-corrected chi connectivity index (χ4v) is 2.93. The van der Waals surface area contributed by atoms with Crippen molar-refractivity contribution in [2.45, 2.75) is 38.8 Å². The lowest BCUT2D eigenvalue weighted by Gasteiger charge is -2.27. The van der Waals surface area contributed by atoms with Crippen molar-refractivity contribution in [3.8, 4) is 0 Å². The van der Waals surface area contributed by atoms with Crippen molar-refractivity contribution in [1.82, 2.24) is 5.32 Å². The van der Waals surface area contributed by atoms with Crippen molar-refractivity contribution in [1.29, 1.82) is 0 Å². The van der Waals surface area contributed by atoms with E-state index in [1.165, 1.54) is 12.0 Å². The fraction of sp³-hybridized carbons (Fsp3) is 0.600. The largest absolute Gasteiger partial charge is 0.376 e. The standard InChI is InChI=1S/C15H22ClNO/c1-3-17-14(15-11(2)7-8-18-15)10-12-5-4-6-13(16)9-12/h4-6,9,11,14-15,17H,3,7-8,10H2,1-2H3. The quantitative estimate of drug-likeness (QED) is 0.884. The van der Waals surface area contributed by atoms with Gasteiger partial charge < -0.3 is 10.1 Å². The first-order valence-electron chi connectivity index (χ1n) is 6.80. The topological polar surface area (TPSA) is 21.3 Å². The van der Waals surface area contributed by atoms with Gasteiger partial charge in [-0.15, -0.1) is 0 Å². The number of rotatable bonds is 5. The molecule has 2 rings (SSSR count). The average molecular weight is 268 g/mol. The molecule has 0 bridgehead atoms. The fourth-order valence-electron chi connectivity index (χ4n) is 2.72. The van der Waals surface area contributed by atoms with Crippen molar-refractivity contribution in [2.24, 2.45) is 5.92 Å². The van der Waals surface area contributed by atoms with E-state index in [1.807, 2.05) is 18.2 Å². The molecule has 3 unspecified atom stereocenters. The van der Waals surface area contributed by atoms with E-state index in [2.05, 4.69) is 25.2 Å². The van der Waals surface area contributed by atoms with Crippen LogP contribution in [0.4, 0.5) is 0 Å². The zero-order chi connectivity index (χ0) is 13.0. The van der Waals surface area contributed by atoms with Crippen LogP contribution in [0, 0.1) is 5.92 Å². The van der Waals surface area contributed by atoms with Gasteiger partial charge in [0.05, 0.1) is 6.10 Å². The summed E-state index contributed by atoms with van der Waals surface area (Å²) in [5.74, 6) is 0.633. The third-order valence-electron chi connectivity index (χ3n) is 3.65. The van der Waals surface area contributed by atoms with Crippen molar-refractivity contribution in [2.75, 3.05) is 13.2 Å². The number of likely N-dealkylation sites (N-methyl/N-ethyl adjacent to an activating group) is 1. The normalized spacial score (nSPS) is 25.3. The lowest BCUT2D eigenvalue weighted by atomic mass is 9.93. The molecule has 0 amide bonds. The zero-order valence-corrected chi connectivity index (χ0v) is 11.9. The Hall–Kier alpha value is -0.570. The molecule has 1 aliphatic rings. The summed E-state index contributed by atoms with van der Waals surface area (Å²) < 4.78 is 5.89. The molecular weight excluding hydrogens is 246 g/mol. The highest BCUT2D eigenvalue weighted by Crippen LogP contribution is 2.25. The highest BCUT2D eigenvalue weighted by molar-refractivity contribution is 6.30. The van der Waals surface area contributed by atoms with Gasteiger partial charge in [0.2, 0.25) is 0 Å². The monoisotopic (exact) mass is 267 g/mol. The van der Waals surface area contributed by atoms with Gasteiger partial charge in [-0.1, -0.05) is 37.6 Å². The predicted octanol–water partition coefficient (Wildman–Crippen LogP) is 3.29. The van der Waals surface area contributed by atoms with E-state index in [0.717, 1.165) is 24.6 Å². The highest BCUT2D eigenvalue weighted by atomic mass is 35.5. The SMILES string of the molecule is CCNC(Cc1cccc(Cl)c1)C1OCCC1C. The van der Waals surface area contributed by atoms with E-state index >= 15 is 0 Å². The molecule has 1 saturated heterocycles. The van der Waals surface area contributed by atoms with Gasteiger partial charge in [-0.2, -0.15) is 0 Å². The third-order valence-corrected chi connectivity index (χ3v) is 3.89. The molecule has 100 valence electrons. The maximum atomic E-state index is 6.04. The summed E-state index contributed by atoms with van der Waals surface area (Å²) in [6.45, 7) is 6.28. The van der Waals surface area contributed by atoms with Gasteiger partial charge in [0.1, 0.15) is 0 Å². The van der Waals surface area contributed by atoms with Crippen LogP contribution in [0.5, 0.6) is 0 Å². The maximum absolute atomic E-state index is 6.04. The minimum Gasteiger partial charge on any atom is -0.376 e. The number of hydrogen-bond acceptors (Lipinski definition) is 2. The second-order valence-corrected chi connectivity index (χ2v) is 5.54. The number of hydrogen-bond donors (Lipinski definition) is 1. The van der Waals surface area contributed by atoms with Gasteiger partial charge in [0, 0.05) is 17.7 Å². The van der Waals surface area contributed by atoms with Crippen molar-refractivity contribution in [3.63, 3.8) is 0 Å². The molecule has 0 saturated carbocycles. The zero-order valence-electron chi connectivity index (χ0n) is 11.2. The van der Waals surface area contributed by atoms with Crippen LogP contribution in [-0.4, -0.2) is 25.3 Å². The minimum atomic E-state index is 0.323. The first-order chi connectivity index (χ1) is 8.70. The van der Waals surface area contributed by atoms with E-state index < -0.39 is 0 Å². The van der Waals surface area contributed by atoms with Crippen LogP contribution in [0.3, 0.4) is 0 Å². The van der Waals surface area contributed by atoms with Crippen molar-refractivity contribution < 1.29 is 4.74 Å². The first kappa shape index (κ1) is 13.9. The molecule has 1 aromatic rings. The van der Waals surface area contributed by atoms with Crippen molar-refractivity contribution >= 4 is 11.6 Å². The van der Waals surface area contributed by atoms with Gasteiger partial charge in [-0.25, -0.2) is 0 Å². The molecule has 1 fully saturated rings. The van der Waals surface area contributed by atoms with Crippen LogP contribution in [0.2, 0.25) is 5.02 Å². The molecule has 0 radical (unpaired) electrons. The van der Waals surface area contributed by atoms with Crippen LogP contribution in [0.15, 0.2) is 24.3 Å². The van der Waals surface area contributed by atoms with Crippen molar-refractivity contribution in [3.05, 3.63) is 34.9 Å². The highest BCUT2D eigenvalue weighted by Gasteiger charge is 2.31. The van der Waals surface area contributed by atoms with Gasteiger partial charge >= 0.3 is 0 Å². The molecule has 0 aromatic heterocycles. The van der Waals surface area contributed by atoms with E-state index in [-0.39, 0.29) is 0 Å². The molecule has 2 nitrogen and oxygen atoms in total. The van der Waals surface area contributed by atoms with Crippen LogP contribution >= 0.6 is 11.6 Å². The van der Waals surface area contributed by atoms with Gasteiger partial charge in [0.15, 0.2) is 0 Å². The average Bonchev–Trinajstić information content (AvgIpc) is 2.75. The minimum absolute atomic E-state index is 0.323. The predicted molar refractivity (Wildman–Crippen MR) is 76.1 cm³/mol. The Kier molecular flexibility index (Phi) is 5.04. The Bertz CT molecular complexity index is 383. The Morgan fingerprint density at radius 1 is 1.50 bits per heavy atom. The molecule has 3 heteroatoms. The van der Waals surface area contributed by atoms with Gasteiger partial charge in [0.25, 0.3) is 0 Å². The molecule has 1 aromatic carbocycles. The second kappa shape index (κ2) is 6.55. The first-order valence-corrected chi connectivity index (χ1v) is 7.18.